The van der Waals surface area contributed by atoms with Gasteiger partial charge in [0.2, 0.25) is 11.8 Å². The van der Waals surface area contributed by atoms with Crippen molar-refractivity contribution >= 4 is 23.4 Å². The molecule has 2 amide bonds. The molecule has 1 aliphatic heterocycles. The maximum Gasteiger partial charge on any atom is 0.240 e. The molecular formula is C17H23ClN2O2. The van der Waals surface area contributed by atoms with Crippen LogP contribution >= 0.6 is 11.6 Å². The van der Waals surface area contributed by atoms with Gasteiger partial charge in [-0.3, -0.25) is 9.59 Å². The average molecular weight is 323 g/mol. The van der Waals surface area contributed by atoms with Gasteiger partial charge in [0.15, 0.2) is 0 Å². The summed E-state index contributed by atoms with van der Waals surface area (Å²) in [5.41, 5.74) is 1.03. The van der Waals surface area contributed by atoms with Crippen molar-refractivity contribution in [2.24, 2.45) is 0 Å². The second-order valence-corrected chi connectivity index (χ2v) is 6.14. The third kappa shape index (κ3) is 4.73. The number of carbonyl (C=O) groups is 2. The SMILES string of the molecule is CC[C@H](NC(=O)CN1CCCCCC1=O)c1ccc(Cl)cc1. The van der Waals surface area contributed by atoms with Crippen molar-refractivity contribution < 1.29 is 9.59 Å². The van der Waals surface area contributed by atoms with Crippen molar-refractivity contribution in [1.82, 2.24) is 10.2 Å². The molecule has 0 unspecified atom stereocenters. The summed E-state index contributed by atoms with van der Waals surface area (Å²) >= 11 is 5.89. The van der Waals surface area contributed by atoms with Gasteiger partial charge in [0.1, 0.15) is 0 Å². The standard InChI is InChI=1S/C17H23ClN2O2/c1-2-15(13-7-9-14(18)10-8-13)19-16(21)12-20-11-5-3-4-6-17(20)22/h7-10,15H,2-6,11-12H2,1H3,(H,19,21)/t15-/m0/s1. The van der Waals surface area contributed by atoms with Crippen LogP contribution in [0.4, 0.5) is 0 Å². The quantitative estimate of drug-likeness (QED) is 0.904. The predicted octanol–water partition coefficient (Wildman–Crippen LogP) is 3.31. The Kier molecular flexibility index (Phi) is 6.25. The lowest BCUT2D eigenvalue weighted by atomic mass is 10.0. The first-order valence-electron chi connectivity index (χ1n) is 7.92. The molecule has 5 heteroatoms. The minimum absolute atomic E-state index is 0.0492. The van der Waals surface area contributed by atoms with E-state index in [0.29, 0.717) is 18.0 Å². The van der Waals surface area contributed by atoms with Crippen molar-refractivity contribution in [2.45, 2.75) is 45.1 Å². The van der Waals surface area contributed by atoms with Crippen molar-refractivity contribution in [3.8, 4) is 0 Å². The summed E-state index contributed by atoms with van der Waals surface area (Å²) in [7, 11) is 0. The van der Waals surface area contributed by atoms with Crippen LogP contribution < -0.4 is 5.32 Å². The Balaban J connectivity index is 1.94. The fourth-order valence-electron chi connectivity index (χ4n) is 2.74. The molecule has 1 aromatic carbocycles. The topological polar surface area (TPSA) is 49.4 Å². The van der Waals surface area contributed by atoms with E-state index in [1.54, 1.807) is 4.90 Å². The molecule has 0 spiro atoms. The summed E-state index contributed by atoms with van der Waals surface area (Å²) in [6.07, 6.45) is 4.32. The van der Waals surface area contributed by atoms with Gasteiger partial charge in [-0.25, -0.2) is 0 Å². The van der Waals surface area contributed by atoms with Crippen molar-refractivity contribution in [3.63, 3.8) is 0 Å². The zero-order valence-electron chi connectivity index (χ0n) is 13.0. The number of likely N-dealkylation sites (tertiary alicyclic amines) is 1. The third-order valence-electron chi connectivity index (χ3n) is 4.02. The molecule has 1 N–H and O–H groups in total. The Hall–Kier alpha value is -1.55. The van der Waals surface area contributed by atoms with Gasteiger partial charge in [0, 0.05) is 18.0 Å². The zero-order valence-corrected chi connectivity index (χ0v) is 13.7. The van der Waals surface area contributed by atoms with E-state index in [9.17, 15) is 9.59 Å². The molecule has 0 radical (unpaired) electrons. The summed E-state index contributed by atoms with van der Waals surface area (Å²) in [6.45, 7) is 2.86. The lowest BCUT2D eigenvalue weighted by Gasteiger charge is -2.23. The number of rotatable bonds is 5. The van der Waals surface area contributed by atoms with Crippen molar-refractivity contribution in [3.05, 3.63) is 34.9 Å². The third-order valence-corrected chi connectivity index (χ3v) is 4.27. The number of nitrogens with zero attached hydrogens (tertiary/aromatic N) is 1. The highest BCUT2D eigenvalue weighted by atomic mass is 35.5. The van der Waals surface area contributed by atoms with E-state index in [1.807, 2.05) is 31.2 Å². The van der Waals surface area contributed by atoms with Crippen molar-refractivity contribution in [2.75, 3.05) is 13.1 Å². The lowest BCUT2D eigenvalue weighted by Crippen LogP contribution is -2.41. The summed E-state index contributed by atoms with van der Waals surface area (Å²) in [5.74, 6) is -0.00996. The van der Waals surface area contributed by atoms with Crippen LogP contribution in [0.15, 0.2) is 24.3 Å². The van der Waals surface area contributed by atoms with Crippen LogP contribution in [0.2, 0.25) is 5.02 Å². The van der Waals surface area contributed by atoms with Crippen LogP contribution in [0.5, 0.6) is 0 Å². The first kappa shape index (κ1) is 16.8. The van der Waals surface area contributed by atoms with E-state index in [0.717, 1.165) is 31.2 Å². The van der Waals surface area contributed by atoms with E-state index < -0.39 is 0 Å². The van der Waals surface area contributed by atoms with E-state index in [4.69, 9.17) is 11.6 Å². The highest BCUT2D eigenvalue weighted by Crippen LogP contribution is 2.19. The van der Waals surface area contributed by atoms with Gasteiger partial charge in [-0.05, 0) is 37.0 Å². The fourth-order valence-corrected chi connectivity index (χ4v) is 2.86. The maximum absolute atomic E-state index is 12.2. The maximum atomic E-state index is 12.2. The summed E-state index contributed by atoms with van der Waals surface area (Å²) < 4.78 is 0. The molecule has 0 bridgehead atoms. The number of halogens is 1. The molecule has 0 aliphatic carbocycles. The molecule has 2 rings (SSSR count). The molecule has 1 heterocycles. The Bertz CT molecular complexity index is 516. The molecule has 4 nitrogen and oxygen atoms in total. The molecule has 120 valence electrons. The largest absolute Gasteiger partial charge is 0.348 e. The fraction of sp³-hybridized carbons (Fsp3) is 0.529. The van der Waals surface area contributed by atoms with Gasteiger partial charge in [0.05, 0.1) is 12.6 Å². The predicted molar refractivity (Wildman–Crippen MR) is 87.7 cm³/mol. The lowest BCUT2D eigenvalue weighted by molar-refractivity contribution is -0.135. The van der Waals surface area contributed by atoms with E-state index in [2.05, 4.69) is 5.32 Å². The molecule has 1 fully saturated rings. The van der Waals surface area contributed by atoms with Gasteiger partial charge in [0.25, 0.3) is 0 Å². The first-order valence-corrected chi connectivity index (χ1v) is 8.30. The highest BCUT2D eigenvalue weighted by Gasteiger charge is 2.20. The van der Waals surface area contributed by atoms with Crippen LogP contribution in [-0.2, 0) is 9.59 Å². The van der Waals surface area contributed by atoms with Crippen LogP contribution in [0.25, 0.3) is 0 Å². The van der Waals surface area contributed by atoms with Gasteiger partial charge < -0.3 is 10.2 Å². The number of hydrogen-bond acceptors (Lipinski definition) is 2. The summed E-state index contributed by atoms with van der Waals surface area (Å²) in [5, 5.41) is 3.70. The van der Waals surface area contributed by atoms with Crippen molar-refractivity contribution in [1.29, 1.82) is 0 Å². The minimum atomic E-state index is -0.1000. The van der Waals surface area contributed by atoms with E-state index >= 15 is 0 Å². The molecule has 0 saturated carbocycles. The minimum Gasteiger partial charge on any atom is -0.348 e. The second kappa shape index (κ2) is 8.18. The number of carbonyl (C=O) groups excluding carboxylic acids is 2. The van der Waals surface area contributed by atoms with Gasteiger partial charge >= 0.3 is 0 Å². The Morgan fingerprint density at radius 3 is 2.68 bits per heavy atom. The molecule has 22 heavy (non-hydrogen) atoms. The normalized spacial score (nSPS) is 17.0. The smallest absolute Gasteiger partial charge is 0.240 e. The molecule has 0 aromatic heterocycles. The van der Waals surface area contributed by atoms with Gasteiger partial charge in [-0.2, -0.15) is 0 Å². The zero-order chi connectivity index (χ0) is 15.9. The van der Waals surface area contributed by atoms with Crippen LogP contribution in [0.3, 0.4) is 0 Å². The molecule has 1 aromatic rings. The Morgan fingerprint density at radius 1 is 1.27 bits per heavy atom. The second-order valence-electron chi connectivity index (χ2n) is 5.71. The van der Waals surface area contributed by atoms with Gasteiger partial charge in [-0.15, -0.1) is 0 Å². The Labute approximate surface area is 136 Å². The molecule has 1 aliphatic rings. The van der Waals surface area contributed by atoms with Crippen LogP contribution in [-0.4, -0.2) is 29.8 Å². The van der Waals surface area contributed by atoms with E-state index in [-0.39, 0.29) is 24.4 Å². The van der Waals surface area contributed by atoms with E-state index in [1.165, 1.54) is 0 Å². The first-order chi connectivity index (χ1) is 10.6. The molecule has 1 saturated heterocycles. The summed E-state index contributed by atoms with van der Waals surface area (Å²) in [4.78, 5) is 25.9. The van der Waals surface area contributed by atoms with Crippen LogP contribution in [0, 0.1) is 0 Å². The van der Waals surface area contributed by atoms with Crippen LogP contribution in [0.1, 0.15) is 50.6 Å². The number of nitrogens with one attached hydrogen (secondary N) is 1. The molecule has 1 atom stereocenters. The summed E-state index contributed by atoms with van der Waals surface area (Å²) in [6, 6.07) is 7.45. The number of hydrogen-bond donors (Lipinski definition) is 1. The average Bonchev–Trinajstić information content (AvgIpc) is 2.71. The molecular weight excluding hydrogens is 300 g/mol. The Morgan fingerprint density at radius 2 is 2.00 bits per heavy atom. The number of benzene rings is 1. The number of amides is 2. The monoisotopic (exact) mass is 322 g/mol. The van der Waals surface area contributed by atoms with Gasteiger partial charge in [-0.1, -0.05) is 37.1 Å². The highest BCUT2D eigenvalue weighted by molar-refractivity contribution is 6.30.